The first-order chi connectivity index (χ1) is 12.4. The van der Waals surface area contributed by atoms with E-state index in [1.54, 1.807) is 36.4 Å². The second kappa shape index (κ2) is 7.38. The maximum absolute atomic E-state index is 10.9. The van der Waals surface area contributed by atoms with Gasteiger partial charge in [-0.15, -0.1) is 11.8 Å². The summed E-state index contributed by atoms with van der Waals surface area (Å²) in [5, 5.41) is 21.9. The summed E-state index contributed by atoms with van der Waals surface area (Å²) in [5.74, 6) is 0.166. The molecular weight excluding hydrogens is 346 g/mol. The van der Waals surface area contributed by atoms with Crippen LogP contribution < -0.4 is 0 Å². The van der Waals surface area contributed by atoms with Crippen LogP contribution in [0.4, 0.5) is 0 Å². The predicted octanol–water partition coefficient (Wildman–Crippen LogP) is 5.05. The Morgan fingerprint density at radius 3 is 2.50 bits per heavy atom. The standard InChI is InChI=1S/C21H21NO3S/c1-21(2)11-12-26-19-10-8-16(13-17(19)21)18(22-25)9-5-14-3-6-15(7-4-14)20(23)24/h3-10,13,25H,11-12H2,1-2H3,(H,23,24)/b9-5+,22-18-. The van der Waals surface area contributed by atoms with Gasteiger partial charge >= 0.3 is 5.97 Å². The molecular formula is C21H21NO3S. The third kappa shape index (κ3) is 3.83. The Balaban J connectivity index is 1.87. The van der Waals surface area contributed by atoms with E-state index in [-0.39, 0.29) is 11.0 Å². The van der Waals surface area contributed by atoms with Crippen LogP contribution in [-0.4, -0.2) is 27.7 Å². The zero-order valence-corrected chi connectivity index (χ0v) is 15.6. The van der Waals surface area contributed by atoms with Gasteiger partial charge < -0.3 is 10.3 Å². The van der Waals surface area contributed by atoms with Crippen molar-refractivity contribution in [2.75, 3.05) is 5.75 Å². The van der Waals surface area contributed by atoms with Crippen molar-refractivity contribution in [2.24, 2.45) is 5.16 Å². The number of carboxylic acid groups (broad SMARTS) is 1. The molecule has 134 valence electrons. The average molecular weight is 367 g/mol. The Hall–Kier alpha value is -2.53. The Morgan fingerprint density at radius 1 is 1.15 bits per heavy atom. The highest BCUT2D eigenvalue weighted by atomic mass is 32.2. The van der Waals surface area contributed by atoms with Crippen LogP contribution in [0.5, 0.6) is 0 Å². The maximum Gasteiger partial charge on any atom is 0.335 e. The zero-order valence-electron chi connectivity index (χ0n) is 14.8. The van der Waals surface area contributed by atoms with E-state index in [1.165, 1.54) is 10.5 Å². The van der Waals surface area contributed by atoms with Crippen molar-refractivity contribution in [3.63, 3.8) is 0 Å². The van der Waals surface area contributed by atoms with Crippen LogP contribution in [0.1, 0.15) is 47.3 Å². The highest BCUT2D eigenvalue weighted by Crippen LogP contribution is 2.41. The number of nitrogens with zero attached hydrogens (tertiary/aromatic N) is 1. The number of hydrogen-bond acceptors (Lipinski definition) is 4. The van der Waals surface area contributed by atoms with Crippen molar-refractivity contribution in [3.05, 3.63) is 70.8 Å². The van der Waals surface area contributed by atoms with Crippen LogP contribution in [0.25, 0.3) is 6.08 Å². The van der Waals surface area contributed by atoms with E-state index in [9.17, 15) is 10.0 Å². The fourth-order valence-corrected chi connectivity index (χ4v) is 4.48. The van der Waals surface area contributed by atoms with Crippen LogP contribution >= 0.6 is 11.8 Å². The SMILES string of the molecule is CC1(C)CCSc2ccc(C(/C=C/c3ccc(C(=O)O)cc3)=N\O)cc21. The number of carbonyl (C=O) groups is 1. The first-order valence-electron chi connectivity index (χ1n) is 8.42. The van der Waals surface area contributed by atoms with Gasteiger partial charge in [0.2, 0.25) is 0 Å². The van der Waals surface area contributed by atoms with Gasteiger partial charge in [-0.1, -0.05) is 43.3 Å². The summed E-state index contributed by atoms with van der Waals surface area (Å²) in [5.41, 5.74) is 3.80. The molecule has 0 amide bonds. The molecule has 0 saturated heterocycles. The lowest BCUT2D eigenvalue weighted by Gasteiger charge is -2.32. The summed E-state index contributed by atoms with van der Waals surface area (Å²) in [6.45, 7) is 4.48. The summed E-state index contributed by atoms with van der Waals surface area (Å²) in [6, 6.07) is 12.7. The quantitative estimate of drug-likeness (QED) is 0.451. The normalized spacial score (nSPS) is 16.5. The number of hydrogen-bond donors (Lipinski definition) is 2. The van der Waals surface area contributed by atoms with Gasteiger partial charge in [0.25, 0.3) is 0 Å². The van der Waals surface area contributed by atoms with Gasteiger partial charge in [-0.05, 0) is 59.1 Å². The summed E-state index contributed by atoms with van der Waals surface area (Å²) in [6.07, 6.45) is 4.66. The molecule has 1 heterocycles. The molecule has 1 aliphatic rings. The molecule has 0 aliphatic carbocycles. The van der Waals surface area contributed by atoms with Crippen molar-refractivity contribution >= 4 is 29.5 Å². The van der Waals surface area contributed by atoms with Gasteiger partial charge in [-0.2, -0.15) is 0 Å². The Bertz CT molecular complexity index is 883. The lowest BCUT2D eigenvalue weighted by atomic mass is 9.81. The number of fused-ring (bicyclic) bond motifs is 1. The molecule has 5 heteroatoms. The molecule has 26 heavy (non-hydrogen) atoms. The van der Waals surface area contributed by atoms with Crippen molar-refractivity contribution < 1.29 is 15.1 Å². The van der Waals surface area contributed by atoms with E-state index in [0.29, 0.717) is 5.71 Å². The minimum atomic E-state index is -0.951. The Morgan fingerprint density at radius 2 is 1.85 bits per heavy atom. The molecule has 0 spiro atoms. The molecule has 4 nitrogen and oxygen atoms in total. The maximum atomic E-state index is 10.9. The fourth-order valence-electron chi connectivity index (χ4n) is 2.99. The third-order valence-corrected chi connectivity index (χ3v) is 5.76. The van der Waals surface area contributed by atoms with Gasteiger partial charge in [0.05, 0.1) is 5.56 Å². The summed E-state index contributed by atoms with van der Waals surface area (Å²) < 4.78 is 0. The highest BCUT2D eigenvalue weighted by Gasteiger charge is 2.28. The van der Waals surface area contributed by atoms with Gasteiger partial charge in [0.1, 0.15) is 5.71 Å². The van der Waals surface area contributed by atoms with Crippen molar-refractivity contribution in [3.8, 4) is 0 Å². The van der Waals surface area contributed by atoms with Crippen molar-refractivity contribution in [1.29, 1.82) is 0 Å². The largest absolute Gasteiger partial charge is 0.478 e. The Kier molecular flexibility index (Phi) is 5.18. The molecule has 0 fully saturated rings. The fraction of sp³-hybridized carbons (Fsp3) is 0.238. The van der Waals surface area contributed by atoms with Crippen molar-refractivity contribution in [1.82, 2.24) is 0 Å². The number of oxime groups is 1. The second-order valence-corrected chi connectivity index (χ2v) is 8.08. The number of aromatic carboxylic acids is 1. The summed E-state index contributed by atoms with van der Waals surface area (Å²) >= 11 is 1.86. The predicted molar refractivity (Wildman–Crippen MR) is 106 cm³/mol. The smallest absolute Gasteiger partial charge is 0.335 e. The average Bonchev–Trinajstić information content (AvgIpc) is 2.63. The summed E-state index contributed by atoms with van der Waals surface area (Å²) in [4.78, 5) is 12.2. The molecule has 0 aromatic heterocycles. The van der Waals surface area contributed by atoms with E-state index in [1.807, 2.05) is 17.8 Å². The van der Waals surface area contributed by atoms with E-state index in [0.717, 1.165) is 23.3 Å². The first kappa shape index (κ1) is 18.3. The van der Waals surface area contributed by atoms with Crippen molar-refractivity contribution in [2.45, 2.75) is 30.6 Å². The monoisotopic (exact) mass is 367 g/mol. The van der Waals surface area contributed by atoms with Crippen LogP contribution in [-0.2, 0) is 5.41 Å². The van der Waals surface area contributed by atoms with Crippen LogP contribution in [0, 0.1) is 0 Å². The van der Waals surface area contributed by atoms with E-state index >= 15 is 0 Å². The molecule has 0 radical (unpaired) electrons. The van der Waals surface area contributed by atoms with Crippen LogP contribution in [0.2, 0.25) is 0 Å². The van der Waals surface area contributed by atoms with E-state index in [2.05, 4.69) is 31.1 Å². The molecule has 0 bridgehead atoms. The second-order valence-electron chi connectivity index (χ2n) is 6.94. The van der Waals surface area contributed by atoms with E-state index in [4.69, 9.17) is 5.11 Å². The van der Waals surface area contributed by atoms with Gasteiger partial charge in [-0.3, -0.25) is 0 Å². The van der Waals surface area contributed by atoms with E-state index < -0.39 is 5.97 Å². The van der Waals surface area contributed by atoms with Crippen LogP contribution in [0.3, 0.4) is 0 Å². The zero-order chi connectivity index (χ0) is 18.7. The lowest BCUT2D eigenvalue weighted by molar-refractivity contribution is 0.0697. The lowest BCUT2D eigenvalue weighted by Crippen LogP contribution is -2.23. The molecule has 0 atom stereocenters. The highest BCUT2D eigenvalue weighted by molar-refractivity contribution is 7.99. The van der Waals surface area contributed by atoms with Crippen LogP contribution in [0.15, 0.2) is 58.6 Å². The van der Waals surface area contributed by atoms with Gasteiger partial charge in [0, 0.05) is 10.5 Å². The third-order valence-electron chi connectivity index (χ3n) is 4.69. The first-order valence-corrected chi connectivity index (χ1v) is 9.40. The molecule has 0 saturated carbocycles. The molecule has 2 aromatic carbocycles. The molecule has 3 rings (SSSR count). The minimum absolute atomic E-state index is 0.105. The topological polar surface area (TPSA) is 69.9 Å². The number of thioether (sulfide) groups is 1. The molecule has 2 aromatic rings. The number of benzene rings is 2. The number of rotatable bonds is 4. The number of allylic oxidation sites excluding steroid dienone is 1. The Labute approximate surface area is 157 Å². The minimum Gasteiger partial charge on any atom is -0.478 e. The molecule has 2 N–H and O–H groups in total. The number of carboxylic acids is 1. The summed E-state index contributed by atoms with van der Waals surface area (Å²) in [7, 11) is 0. The molecule has 1 aliphatic heterocycles. The van der Waals surface area contributed by atoms with Gasteiger partial charge in [0.15, 0.2) is 0 Å². The molecule has 0 unspecified atom stereocenters. The van der Waals surface area contributed by atoms with Gasteiger partial charge in [-0.25, -0.2) is 4.79 Å².